The Labute approximate surface area is 131 Å². The first-order valence-electron chi connectivity index (χ1n) is 7.91. The molecule has 0 N–H and O–H groups in total. The predicted molar refractivity (Wildman–Crippen MR) is 83.7 cm³/mol. The second-order valence-electron chi connectivity index (χ2n) is 6.11. The Morgan fingerprint density at radius 3 is 2.71 bits per heavy atom. The molecule has 0 saturated carbocycles. The smallest absolute Gasteiger partial charge is 0.338 e. The van der Waals surface area contributed by atoms with Crippen LogP contribution in [0.3, 0.4) is 0 Å². The Kier molecular flexibility index (Phi) is 4.81. The number of hydrogen-bond acceptors (Lipinski definition) is 3. The lowest BCUT2D eigenvalue weighted by Crippen LogP contribution is -2.49. The maximum absolute atomic E-state index is 12.1. The Morgan fingerprint density at radius 2 is 1.90 bits per heavy atom. The van der Waals surface area contributed by atoms with Gasteiger partial charge in [0.1, 0.15) is 0 Å². The van der Waals surface area contributed by atoms with Gasteiger partial charge in [-0.05, 0) is 63.0 Å². The van der Waals surface area contributed by atoms with Crippen molar-refractivity contribution in [2.75, 3.05) is 19.7 Å². The second-order valence-corrected chi connectivity index (χ2v) is 6.54. The number of esters is 1. The van der Waals surface area contributed by atoms with Gasteiger partial charge in [0.15, 0.2) is 0 Å². The van der Waals surface area contributed by atoms with Crippen molar-refractivity contribution in [3.05, 3.63) is 34.9 Å². The number of benzene rings is 1. The van der Waals surface area contributed by atoms with E-state index in [0.717, 1.165) is 0 Å². The Hall–Kier alpha value is -1.06. The first-order valence-corrected chi connectivity index (χ1v) is 8.28. The van der Waals surface area contributed by atoms with E-state index in [1.807, 2.05) is 0 Å². The van der Waals surface area contributed by atoms with Gasteiger partial charge < -0.3 is 4.74 Å². The molecular formula is C17H22ClNO2. The van der Waals surface area contributed by atoms with Gasteiger partial charge in [0.2, 0.25) is 0 Å². The molecule has 3 nitrogen and oxygen atoms in total. The molecule has 2 aliphatic rings. The minimum atomic E-state index is -0.236. The first-order chi connectivity index (χ1) is 10.2. The highest BCUT2D eigenvalue weighted by atomic mass is 35.5. The van der Waals surface area contributed by atoms with E-state index < -0.39 is 0 Å². The second kappa shape index (κ2) is 6.80. The molecule has 2 aliphatic heterocycles. The van der Waals surface area contributed by atoms with Crippen molar-refractivity contribution in [3.63, 3.8) is 0 Å². The van der Waals surface area contributed by atoms with Gasteiger partial charge in [0.05, 0.1) is 12.2 Å². The van der Waals surface area contributed by atoms with Gasteiger partial charge in [0.25, 0.3) is 0 Å². The zero-order valence-corrected chi connectivity index (χ0v) is 13.0. The van der Waals surface area contributed by atoms with Crippen LogP contribution in [0.5, 0.6) is 0 Å². The molecule has 0 spiro atoms. The summed E-state index contributed by atoms with van der Waals surface area (Å²) in [5.74, 6) is 0.259. The average Bonchev–Trinajstić information content (AvgIpc) is 2.53. The predicted octanol–water partition coefficient (Wildman–Crippen LogP) is 3.76. The van der Waals surface area contributed by atoms with E-state index in [-0.39, 0.29) is 5.97 Å². The van der Waals surface area contributed by atoms with Gasteiger partial charge in [-0.15, -0.1) is 0 Å². The molecule has 21 heavy (non-hydrogen) atoms. The Bertz CT molecular complexity index is 486. The number of piperidine rings is 2. The van der Waals surface area contributed by atoms with E-state index in [4.69, 9.17) is 16.3 Å². The highest BCUT2D eigenvalue weighted by molar-refractivity contribution is 6.30. The summed E-state index contributed by atoms with van der Waals surface area (Å²) in [6.45, 7) is 2.97. The van der Waals surface area contributed by atoms with Crippen molar-refractivity contribution in [1.29, 1.82) is 0 Å². The normalized spacial score (nSPS) is 26.1. The molecule has 1 aromatic rings. The van der Waals surface area contributed by atoms with Crippen LogP contribution in [0.4, 0.5) is 0 Å². The third-order valence-electron chi connectivity index (χ3n) is 4.74. The van der Waals surface area contributed by atoms with E-state index in [1.54, 1.807) is 24.3 Å². The minimum Gasteiger partial charge on any atom is -0.462 e. The molecule has 0 aliphatic carbocycles. The summed E-state index contributed by atoms with van der Waals surface area (Å²) < 4.78 is 5.55. The van der Waals surface area contributed by atoms with Gasteiger partial charge in [-0.2, -0.15) is 0 Å². The van der Waals surface area contributed by atoms with Crippen LogP contribution in [-0.4, -0.2) is 36.6 Å². The molecule has 114 valence electrons. The van der Waals surface area contributed by atoms with Gasteiger partial charge >= 0.3 is 5.97 Å². The van der Waals surface area contributed by atoms with Crippen molar-refractivity contribution < 1.29 is 9.53 Å². The molecule has 0 amide bonds. The maximum atomic E-state index is 12.1. The molecule has 0 aromatic heterocycles. The average molecular weight is 308 g/mol. The van der Waals surface area contributed by atoms with E-state index >= 15 is 0 Å². The SMILES string of the molecule is O=C(OC[C@H]1CCCN2CCCC[C@@H]12)c1ccc(Cl)cc1. The molecule has 2 fully saturated rings. The lowest BCUT2D eigenvalue weighted by atomic mass is 9.84. The third kappa shape index (κ3) is 3.58. The maximum Gasteiger partial charge on any atom is 0.338 e. The van der Waals surface area contributed by atoms with Crippen molar-refractivity contribution in [3.8, 4) is 0 Å². The number of carbonyl (C=O) groups excluding carboxylic acids is 1. The third-order valence-corrected chi connectivity index (χ3v) is 4.99. The van der Waals surface area contributed by atoms with Crippen LogP contribution >= 0.6 is 11.6 Å². The Balaban J connectivity index is 1.56. The standard InChI is InChI=1S/C17H22ClNO2/c18-15-8-6-13(7-9-15)17(20)21-12-14-4-3-11-19-10-2-1-5-16(14)19/h6-9,14,16H,1-5,10-12H2/t14-,16+/m1/s1. The van der Waals surface area contributed by atoms with Crippen molar-refractivity contribution in [1.82, 2.24) is 4.90 Å². The summed E-state index contributed by atoms with van der Waals surface area (Å²) in [5.41, 5.74) is 0.579. The first kappa shape index (κ1) is 14.9. The highest BCUT2D eigenvalue weighted by Crippen LogP contribution is 2.31. The molecule has 3 rings (SSSR count). The zero-order valence-electron chi connectivity index (χ0n) is 12.3. The summed E-state index contributed by atoms with van der Waals surface area (Å²) >= 11 is 5.83. The molecular weight excluding hydrogens is 286 g/mol. The van der Waals surface area contributed by atoms with Gasteiger partial charge in [-0.25, -0.2) is 4.79 Å². The molecule has 1 aromatic carbocycles. The number of nitrogens with zero attached hydrogens (tertiary/aromatic N) is 1. The van der Waals surface area contributed by atoms with Gasteiger partial charge in [0, 0.05) is 17.0 Å². The van der Waals surface area contributed by atoms with Gasteiger partial charge in [-0.1, -0.05) is 18.0 Å². The van der Waals surface area contributed by atoms with Crippen LogP contribution in [0.1, 0.15) is 42.5 Å². The van der Waals surface area contributed by atoms with Crippen molar-refractivity contribution in [2.24, 2.45) is 5.92 Å². The molecule has 4 heteroatoms. The molecule has 2 atom stereocenters. The fourth-order valence-corrected chi connectivity index (χ4v) is 3.75. The van der Waals surface area contributed by atoms with Crippen LogP contribution < -0.4 is 0 Å². The summed E-state index contributed by atoms with van der Waals surface area (Å²) in [7, 11) is 0. The summed E-state index contributed by atoms with van der Waals surface area (Å²) in [6.07, 6.45) is 6.27. The lowest BCUT2D eigenvalue weighted by Gasteiger charge is -2.44. The van der Waals surface area contributed by atoms with Crippen LogP contribution in [0, 0.1) is 5.92 Å². The van der Waals surface area contributed by atoms with E-state index in [9.17, 15) is 4.79 Å². The van der Waals surface area contributed by atoms with Crippen LogP contribution in [0.15, 0.2) is 24.3 Å². The molecule has 0 bridgehead atoms. The fourth-order valence-electron chi connectivity index (χ4n) is 3.62. The number of ether oxygens (including phenoxy) is 1. The topological polar surface area (TPSA) is 29.5 Å². The van der Waals surface area contributed by atoms with Crippen LogP contribution in [-0.2, 0) is 4.74 Å². The lowest BCUT2D eigenvalue weighted by molar-refractivity contribution is 0.00739. The van der Waals surface area contributed by atoms with Crippen molar-refractivity contribution in [2.45, 2.75) is 38.1 Å². The van der Waals surface area contributed by atoms with Crippen LogP contribution in [0.25, 0.3) is 0 Å². The van der Waals surface area contributed by atoms with Crippen LogP contribution in [0.2, 0.25) is 5.02 Å². The molecule has 2 saturated heterocycles. The quantitative estimate of drug-likeness (QED) is 0.796. The monoisotopic (exact) mass is 307 g/mol. The molecule has 0 radical (unpaired) electrons. The number of rotatable bonds is 3. The number of carbonyl (C=O) groups is 1. The summed E-state index contributed by atoms with van der Waals surface area (Å²) in [5, 5.41) is 0.636. The number of halogens is 1. The highest BCUT2D eigenvalue weighted by Gasteiger charge is 2.33. The van der Waals surface area contributed by atoms with E-state index in [2.05, 4.69) is 4.90 Å². The van der Waals surface area contributed by atoms with E-state index in [1.165, 1.54) is 45.2 Å². The number of fused-ring (bicyclic) bond motifs is 1. The minimum absolute atomic E-state index is 0.236. The molecule has 2 heterocycles. The van der Waals surface area contributed by atoms with Crippen molar-refractivity contribution >= 4 is 17.6 Å². The largest absolute Gasteiger partial charge is 0.462 e. The zero-order chi connectivity index (χ0) is 14.7. The summed E-state index contributed by atoms with van der Waals surface area (Å²) in [4.78, 5) is 14.7. The molecule has 0 unspecified atom stereocenters. The number of hydrogen-bond donors (Lipinski definition) is 0. The Morgan fingerprint density at radius 1 is 1.14 bits per heavy atom. The fraction of sp³-hybridized carbons (Fsp3) is 0.588. The van der Waals surface area contributed by atoms with Gasteiger partial charge in [-0.3, -0.25) is 4.90 Å². The van der Waals surface area contributed by atoms with E-state index in [0.29, 0.717) is 29.2 Å². The summed E-state index contributed by atoms with van der Waals surface area (Å²) in [6, 6.07) is 7.51.